The van der Waals surface area contributed by atoms with E-state index in [1.165, 1.54) is 7.11 Å². The fourth-order valence-corrected chi connectivity index (χ4v) is 2.87. The number of ether oxygens (including phenoxy) is 1. The first kappa shape index (κ1) is 19.7. The largest absolute Gasteiger partial charge is 0.496 e. The first-order valence-electron chi connectivity index (χ1n) is 7.38. The molecule has 0 spiro atoms. The van der Waals surface area contributed by atoms with Crippen molar-refractivity contribution < 1.29 is 32.6 Å². The molecule has 1 aromatic carbocycles. The summed E-state index contributed by atoms with van der Waals surface area (Å²) in [4.78, 5) is 26.6. The smallest absolute Gasteiger partial charge is 0.443 e. The SMILES string of the molecule is COc1ccccc1CC(CNC(=O)c1csc(C(F)(F)F)n1)C(=O)O. The van der Waals surface area contributed by atoms with Crippen molar-refractivity contribution in [3.63, 3.8) is 0 Å². The zero-order valence-corrected chi connectivity index (χ0v) is 14.4. The molecule has 1 aromatic heterocycles. The average molecular weight is 388 g/mol. The Morgan fingerprint density at radius 1 is 1.35 bits per heavy atom. The van der Waals surface area contributed by atoms with Gasteiger partial charge in [-0.05, 0) is 18.1 Å². The Morgan fingerprint density at radius 3 is 2.62 bits per heavy atom. The van der Waals surface area contributed by atoms with E-state index < -0.39 is 34.7 Å². The van der Waals surface area contributed by atoms with Crippen molar-refractivity contribution in [1.29, 1.82) is 0 Å². The third-order valence-corrected chi connectivity index (χ3v) is 4.38. The van der Waals surface area contributed by atoms with E-state index >= 15 is 0 Å². The summed E-state index contributed by atoms with van der Waals surface area (Å²) in [6, 6.07) is 6.84. The molecule has 1 heterocycles. The molecule has 2 rings (SSSR count). The lowest BCUT2D eigenvalue weighted by Gasteiger charge is -2.15. The highest BCUT2D eigenvalue weighted by atomic mass is 32.1. The van der Waals surface area contributed by atoms with Gasteiger partial charge in [-0.2, -0.15) is 13.2 Å². The fourth-order valence-electron chi connectivity index (χ4n) is 2.20. The monoisotopic (exact) mass is 388 g/mol. The summed E-state index contributed by atoms with van der Waals surface area (Å²) in [6.07, 6.45) is -4.54. The maximum atomic E-state index is 12.5. The Bertz CT molecular complexity index is 792. The minimum absolute atomic E-state index is 0.0878. The summed E-state index contributed by atoms with van der Waals surface area (Å²) in [5.41, 5.74) is 0.244. The van der Waals surface area contributed by atoms with Crippen molar-refractivity contribution in [1.82, 2.24) is 10.3 Å². The molecule has 0 aliphatic carbocycles. The lowest BCUT2D eigenvalue weighted by atomic mass is 9.98. The number of para-hydroxylation sites is 1. The summed E-state index contributed by atoms with van der Waals surface area (Å²) in [7, 11) is 1.46. The van der Waals surface area contributed by atoms with Crippen LogP contribution in [0, 0.1) is 5.92 Å². The van der Waals surface area contributed by atoms with Crippen LogP contribution in [0.2, 0.25) is 0 Å². The third-order valence-electron chi connectivity index (χ3n) is 3.50. The maximum absolute atomic E-state index is 12.5. The molecule has 2 N–H and O–H groups in total. The van der Waals surface area contributed by atoms with Crippen molar-refractivity contribution in [2.75, 3.05) is 13.7 Å². The number of halogens is 3. The zero-order chi connectivity index (χ0) is 19.3. The van der Waals surface area contributed by atoms with Gasteiger partial charge < -0.3 is 15.2 Å². The Labute approximate surface area is 150 Å². The molecule has 0 saturated carbocycles. The van der Waals surface area contributed by atoms with Crippen LogP contribution in [0.1, 0.15) is 21.1 Å². The number of aromatic nitrogens is 1. The molecule has 0 saturated heterocycles. The quantitative estimate of drug-likeness (QED) is 0.762. The Balaban J connectivity index is 2.03. The third kappa shape index (κ3) is 4.94. The van der Waals surface area contributed by atoms with E-state index in [4.69, 9.17) is 4.74 Å². The molecular weight excluding hydrogens is 373 g/mol. The van der Waals surface area contributed by atoms with Crippen LogP contribution in [-0.2, 0) is 17.4 Å². The molecule has 10 heteroatoms. The summed E-state index contributed by atoms with van der Waals surface area (Å²) >= 11 is 0.303. The van der Waals surface area contributed by atoms with Crippen LogP contribution in [0.5, 0.6) is 5.75 Å². The second kappa shape index (κ2) is 8.17. The Kier molecular flexibility index (Phi) is 6.19. The van der Waals surface area contributed by atoms with Gasteiger partial charge in [0.25, 0.3) is 5.91 Å². The van der Waals surface area contributed by atoms with Crippen LogP contribution in [0.25, 0.3) is 0 Å². The van der Waals surface area contributed by atoms with Crippen LogP contribution >= 0.6 is 11.3 Å². The van der Waals surface area contributed by atoms with Crippen molar-refractivity contribution in [2.24, 2.45) is 5.92 Å². The van der Waals surface area contributed by atoms with Crippen molar-refractivity contribution in [3.8, 4) is 5.75 Å². The van der Waals surface area contributed by atoms with Crippen LogP contribution in [-0.4, -0.2) is 35.6 Å². The molecule has 0 aliphatic rings. The highest BCUT2D eigenvalue weighted by molar-refractivity contribution is 7.09. The molecular formula is C16H15F3N2O4S. The summed E-state index contributed by atoms with van der Waals surface area (Å²) in [6.45, 7) is -0.259. The number of carboxylic acid groups (broad SMARTS) is 1. The number of amides is 1. The number of carbonyl (C=O) groups is 2. The molecule has 0 bridgehead atoms. The lowest BCUT2D eigenvalue weighted by molar-refractivity contribution is -0.141. The predicted molar refractivity (Wildman–Crippen MR) is 87.3 cm³/mol. The van der Waals surface area contributed by atoms with Gasteiger partial charge in [0.1, 0.15) is 11.4 Å². The maximum Gasteiger partial charge on any atom is 0.443 e. The van der Waals surface area contributed by atoms with Crippen LogP contribution in [0.4, 0.5) is 13.2 Å². The minimum Gasteiger partial charge on any atom is -0.496 e. The number of benzene rings is 1. The van der Waals surface area contributed by atoms with Gasteiger partial charge >= 0.3 is 12.1 Å². The number of hydrogen-bond acceptors (Lipinski definition) is 5. The van der Waals surface area contributed by atoms with Gasteiger partial charge in [0.2, 0.25) is 0 Å². The summed E-state index contributed by atoms with van der Waals surface area (Å²) < 4.78 is 42.7. The number of carboxylic acids is 1. The van der Waals surface area contributed by atoms with E-state index in [0.717, 1.165) is 5.38 Å². The number of alkyl halides is 3. The normalized spacial score (nSPS) is 12.5. The second-order valence-electron chi connectivity index (χ2n) is 5.30. The van der Waals surface area contributed by atoms with Crippen molar-refractivity contribution in [2.45, 2.75) is 12.6 Å². The van der Waals surface area contributed by atoms with E-state index in [1.54, 1.807) is 24.3 Å². The highest BCUT2D eigenvalue weighted by Crippen LogP contribution is 2.31. The Morgan fingerprint density at radius 2 is 2.04 bits per heavy atom. The van der Waals surface area contributed by atoms with Crippen LogP contribution in [0.3, 0.4) is 0 Å². The first-order valence-corrected chi connectivity index (χ1v) is 8.26. The number of carbonyl (C=O) groups excluding carboxylic acids is 1. The number of rotatable bonds is 7. The number of hydrogen-bond donors (Lipinski definition) is 2. The molecule has 140 valence electrons. The van der Waals surface area contributed by atoms with Gasteiger partial charge in [-0.1, -0.05) is 18.2 Å². The molecule has 26 heavy (non-hydrogen) atoms. The van der Waals surface area contributed by atoms with Crippen LogP contribution < -0.4 is 10.1 Å². The van der Waals surface area contributed by atoms with E-state index in [-0.39, 0.29) is 13.0 Å². The molecule has 1 unspecified atom stereocenters. The van der Waals surface area contributed by atoms with Gasteiger partial charge in [-0.15, -0.1) is 11.3 Å². The van der Waals surface area contributed by atoms with Crippen molar-refractivity contribution in [3.05, 3.63) is 45.9 Å². The number of aliphatic carboxylic acids is 1. The van der Waals surface area contributed by atoms with E-state index in [2.05, 4.69) is 10.3 Å². The van der Waals surface area contributed by atoms with E-state index in [1.807, 2.05) is 0 Å². The topological polar surface area (TPSA) is 88.5 Å². The predicted octanol–water partition coefficient (Wildman–Crippen LogP) is 2.84. The van der Waals surface area contributed by atoms with Gasteiger partial charge in [0.05, 0.1) is 13.0 Å². The standard InChI is InChI=1S/C16H15F3N2O4S/c1-25-12-5-3-2-4-9(12)6-10(14(23)24)7-20-13(22)11-8-26-15(21-11)16(17,18)19/h2-5,8,10H,6-7H2,1H3,(H,20,22)(H,23,24). The van der Waals surface area contributed by atoms with E-state index in [0.29, 0.717) is 22.6 Å². The average Bonchev–Trinajstić information content (AvgIpc) is 3.09. The molecule has 0 fully saturated rings. The molecule has 2 aromatic rings. The number of methoxy groups -OCH3 is 1. The number of nitrogens with zero attached hydrogens (tertiary/aromatic N) is 1. The van der Waals surface area contributed by atoms with Crippen LogP contribution in [0.15, 0.2) is 29.6 Å². The van der Waals surface area contributed by atoms with Gasteiger partial charge in [-0.25, -0.2) is 4.98 Å². The molecule has 1 atom stereocenters. The first-order chi connectivity index (χ1) is 12.2. The minimum atomic E-state index is -4.63. The Hall–Kier alpha value is -2.62. The summed E-state index contributed by atoms with van der Waals surface area (Å²) in [5, 5.41) is 11.5. The van der Waals surface area contributed by atoms with Gasteiger partial charge in [0.15, 0.2) is 5.01 Å². The summed E-state index contributed by atoms with van der Waals surface area (Å²) in [5.74, 6) is -2.47. The second-order valence-corrected chi connectivity index (χ2v) is 6.15. The lowest BCUT2D eigenvalue weighted by Crippen LogP contribution is -2.34. The number of nitrogens with one attached hydrogen (secondary N) is 1. The highest BCUT2D eigenvalue weighted by Gasteiger charge is 2.35. The molecule has 0 aliphatic heterocycles. The molecule has 6 nitrogen and oxygen atoms in total. The fraction of sp³-hybridized carbons (Fsp3) is 0.312. The van der Waals surface area contributed by atoms with Gasteiger partial charge in [-0.3, -0.25) is 9.59 Å². The number of thiazole rings is 1. The van der Waals surface area contributed by atoms with Gasteiger partial charge in [0, 0.05) is 11.9 Å². The van der Waals surface area contributed by atoms with Crippen molar-refractivity contribution >= 4 is 23.2 Å². The van der Waals surface area contributed by atoms with E-state index in [9.17, 15) is 27.9 Å². The zero-order valence-electron chi connectivity index (χ0n) is 13.5. The molecule has 1 amide bonds. The molecule has 0 radical (unpaired) electrons.